The molecule has 0 aliphatic carbocycles. The first-order chi connectivity index (χ1) is 19.4. The molecule has 0 fully saturated rings. The Balaban J connectivity index is 1.58. The second-order valence-electron chi connectivity index (χ2n) is 10.6. The van der Waals surface area contributed by atoms with E-state index in [1.165, 1.54) is 5.56 Å². The molecular weight excluding hydrogens is 512 g/mol. The van der Waals surface area contributed by atoms with E-state index in [2.05, 4.69) is 49.4 Å². The molecule has 5 aromatic carbocycles. The van der Waals surface area contributed by atoms with Gasteiger partial charge in [0.1, 0.15) is 0 Å². The van der Waals surface area contributed by atoms with E-state index in [4.69, 9.17) is 4.98 Å². The lowest BCUT2D eigenvalue weighted by atomic mass is 9.84. The van der Waals surface area contributed by atoms with Crippen LogP contribution in [0.3, 0.4) is 0 Å². The maximum Gasteiger partial charge on any atom is 0.243 e. The minimum absolute atomic E-state index is 0.303. The van der Waals surface area contributed by atoms with Crippen LogP contribution in [-0.4, -0.2) is 17.7 Å². The second-order valence-corrected chi connectivity index (χ2v) is 12.5. The van der Waals surface area contributed by atoms with Gasteiger partial charge in [-0.05, 0) is 65.4 Å². The van der Waals surface area contributed by atoms with Crippen LogP contribution in [0.1, 0.15) is 22.3 Å². The topological polar surface area (TPSA) is 50.3 Å². The Morgan fingerprint density at radius 2 is 1.20 bits per heavy atom. The van der Waals surface area contributed by atoms with Crippen LogP contribution in [0.2, 0.25) is 0 Å². The number of aryl methyl sites for hydroxylation is 2. The zero-order valence-electron chi connectivity index (χ0n) is 22.4. The van der Waals surface area contributed by atoms with Crippen molar-refractivity contribution in [3.05, 3.63) is 132 Å². The summed E-state index contributed by atoms with van der Waals surface area (Å²) in [5.74, 6) is 0. The molecule has 1 aromatic heterocycles. The van der Waals surface area contributed by atoms with Gasteiger partial charge in [0, 0.05) is 35.4 Å². The minimum atomic E-state index is -3.71. The van der Waals surface area contributed by atoms with Crippen LogP contribution in [0.4, 0.5) is 0 Å². The highest BCUT2D eigenvalue weighted by Crippen LogP contribution is 2.48. The first kappa shape index (κ1) is 24.7. The van der Waals surface area contributed by atoms with Crippen molar-refractivity contribution in [1.29, 1.82) is 0 Å². The molecule has 4 nitrogen and oxygen atoms in total. The maximum atomic E-state index is 14.0. The van der Waals surface area contributed by atoms with Crippen molar-refractivity contribution < 1.29 is 8.42 Å². The average Bonchev–Trinajstić information content (AvgIpc) is 3.43. The van der Waals surface area contributed by atoms with Gasteiger partial charge in [0.25, 0.3) is 0 Å². The van der Waals surface area contributed by atoms with Crippen LogP contribution in [0.25, 0.3) is 43.9 Å². The van der Waals surface area contributed by atoms with Gasteiger partial charge in [0.05, 0.1) is 10.4 Å². The summed E-state index contributed by atoms with van der Waals surface area (Å²) in [6, 6.07) is 34.2. The zero-order valence-corrected chi connectivity index (χ0v) is 23.2. The standard InChI is InChI=1S/C35H28N2O2S/c1-23-12-16-26(17-13-23)34-31-22-37(40(38,39)27-18-14-24(2)15-19-27)21-30(31)33(25-8-4-3-5-9-25)29-20-36-32-11-7-6-10-28(32)35(29)34/h3-20H,21-22H2,1-2H3. The Labute approximate surface area is 234 Å². The van der Waals surface area contributed by atoms with Crippen LogP contribution in [-0.2, 0) is 23.1 Å². The molecule has 0 N–H and O–H groups in total. The zero-order chi connectivity index (χ0) is 27.4. The monoisotopic (exact) mass is 540 g/mol. The van der Waals surface area contributed by atoms with Crippen LogP contribution in [0.15, 0.2) is 114 Å². The molecule has 0 radical (unpaired) electrons. The summed E-state index contributed by atoms with van der Waals surface area (Å²) in [7, 11) is -3.71. The molecule has 0 amide bonds. The molecule has 0 unspecified atom stereocenters. The molecule has 0 atom stereocenters. The summed E-state index contributed by atoms with van der Waals surface area (Å²) in [5.41, 5.74) is 9.52. The molecule has 2 heterocycles. The van der Waals surface area contributed by atoms with Gasteiger partial charge in [-0.25, -0.2) is 8.42 Å². The minimum Gasteiger partial charge on any atom is -0.256 e. The van der Waals surface area contributed by atoms with Crippen molar-refractivity contribution in [3.8, 4) is 22.3 Å². The van der Waals surface area contributed by atoms with Gasteiger partial charge in [-0.1, -0.05) is 96.1 Å². The van der Waals surface area contributed by atoms with Crippen molar-refractivity contribution in [2.24, 2.45) is 0 Å². The summed E-state index contributed by atoms with van der Waals surface area (Å²) in [5, 5.41) is 3.21. The summed E-state index contributed by atoms with van der Waals surface area (Å²) in [6.45, 7) is 4.66. The van der Waals surface area contributed by atoms with Crippen molar-refractivity contribution in [2.45, 2.75) is 31.8 Å². The Morgan fingerprint density at radius 3 is 1.90 bits per heavy atom. The lowest BCUT2D eigenvalue weighted by Gasteiger charge is -2.20. The lowest BCUT2D eigenvalue weighted by molar-refractivity contribution is 0.432. The molecule has 0 bridgehead atoms. The van der Waals surface area contributed by atoms with E-state index >= 15 is 0 Å². The van der Waals surface area contributed by atoms with Crippen molar-refractivity contribution in [2.75, 3.05) is 0 Å². The molecule has 1 aliphatic rings. The highest BCUT2D eigenvalue weighted by molar-refractivity contribution is 7.89. The van der Waals surface area contributed by atoms with E-state index < -0.39 is 10.0 Å². The third-order valence-corrected chi connectivity index (χ3v) is 9.80. The predicted octanol–water partition coefficient (Wildman–Crippen LogP) is 8.04. The van der Waals surface area contributed by atoms with Gasteiger partial charge in [0.2, 0.25) is 10.0 Å². The summed E-state index contributed by atoms with van der Waals surface area (Å²) in [6.07, 6.45) is 1.97. The van der Waals surface area contributed by atoms with E-state index in [-0.39, 0.29) is 0 Å². The Hall–Kier alpha value is -4.32. The van der Waals surface area contributed by atoms with E-state index in [1.807, 2.05) is 61.7 Å². The molecule has 7 rings (SSSR count). The Kier molecular flexibility index (Phi) is 5.81. The molecule has 0 spiro atoms. The number of hydrogen-bond acceptors (Lipinski definition) is 3. The largest absolute Gasteiger partial charge is 0.256 e. The number of nitrogens with zero attached hydrogens (tertiary/aromatic N) is 2. The first-order valence-electron chi connectivity index (χ1n) is 13.5. The second kappa shape index (κ2) is 9.40. The first-order valence-corrected chi connectivity index (χ1v) is 14.9. The SMILES string of the molecule is Cc1ccc(-c2c3c(c(-c4ccccc4)c4cnc5ccccc5c24)CN(S(=O)(=O)c2ccc(C)cc2)C3)cc1. The molecule has 196 valence electrons. The van der Waals surface area contributed by atoms with Gasteiger partial charge < -0.3 is 0 Å². The number of rotatable bonds is 4. The fourth-order valence-corrected chi connectivity index (χ4v) is 7.35. The number of fused-ring (bicyclic) bond motifs is 4. The molecular formula is C35H28N2O2S. The average molecular weight is 541 g/mol. The molecule has 6 aromatic rings. The van der Waals surface area contributed by atoms with Crippen molar-refractivity contribution in [3.63, 3.8) is 0 Å². The number of aromatic nitrogens is 1. The van der Waals surface area contributed by atoms with Crippen LogP contribution < -0.4 is 0 Å². The fourth-order valence-electron chi connectivity index (χ4n) is 5.98. The number of sulfonamides is 1. The van der Waals surface area contributed by atoms with E-state index in [0.717, 1.165) is 60.6 Å². The molecule has 1 aliphatic heterocycles. The normalized spacial score (nSPS) is 13.7. The van der Waals surface area contributed by atoms with Crippen molar-refractivity contribution >= 4 is 31.7 Å². The van der Waals surface area contributed by atoms with Gasteiger partial charge in [0.15, 0.2) is 0 Å². The molecule has 0 saturated heterocycles. The van der Waals surface area contributed by atoms with Crippen LogP contribution in [0, 0.1) is 13.8 Å². The summed E-state index contributed by atoms with van der Waals surface area (Å²) < 4.78 is 29.6. The highest BCUT2D eigenvalue weighted by atomic mass is 32.2. The number of pyridine rings is 1. The Morgan fingerprint density at radius 1 is 0.625 bits per heavy atom. The summed E-state index contributed by atoms with van der Waals surface area (Å²) in [4.78, 5) is 5.18. The fraction of sp³-hybridized carbons (Fsp3) is 0.114. The van der Waals surface area contributed by atoms with E-state index in [0.29, 0.717) is 18.0 Å². The van der Waals surface area contributed by atoms with Crippen molar-refractivity contribution in [1.82, 2.24) is 9.29 Å². The third-order valence-electron chi connectivity index (χ3n) is 7.99. The van der Waals surface area contributed by atoms with E-state index in [1.54, 1.807) is 16.4 Å². The summed E-state index contributed by atoms with van der Waals surface area (Å²) >= 11 is 0. The van der Waals surface area contributed by atoms with Gasteiger partial charge in [-0.2, -0.15) is 4.31 Å². The smallest absolute Gasteiger partial charge is 0.243 e. The third kappa shape index (κ3) is 3.93. The predicted molar refractivity (Wildman–Crippen MR) is 162 cm³/mol. The van der Waals surface area contributed by atoms with E-state index in [9.17, 15) is 8.42 Å². The molecule has 5 heteroatoms. The quantitative estimate of drug-likeness (QED) is 0.213. The van der Waals surface area contributed by atoms with Crippen LogP contribution >= 0.6 is 0 Å². The maximum absolute atomic E-state index is 14.0. The van der Waals surface area contributed by atoms with Gasteiger partial charge in [-0.3, -0.25) is 4.98 Å². The molecule has 0 saturated carbocycles. The number of hydrogen-bond donors (Lipinski definition) is 0. The number of para-hydroxylation sites is 1. The van der Waals surface area contributed by atoms with Crippen LogP contribution in [0.5, 0.6) is 0 Å². The van der Waals surface area contributed by atoms with Gasteiger partial charge in [-0.15, -0.1) is 0 Å². The number of benzene rings is 5. The van der Waals surface area contributed by atoms with Gasteiger partial charge >= 0.3 is 0 Å². The molecule has 40 heavy (non-hydrogen) atoms. The Bertz CT molecular complexity index is 2020. The highest BCUT2D eigenvalue weighted by Gasteiger charge is 2.36. The lowest BCUT2D eigenvalue weighted by Crippen LogP contribution is -2.25.